The number of likely N-dealkylation sites (tertiary alicyclic amines) is 1. The van der Waals surface area contributed by atoms with E-state index in [4.69, 9.17) is 23.7 Å². The van der Waals surface area contributed by atoms with Crippen LogP contribution in [0.3, 0.4) is 0 Å². The van der Waals surface area contributed by atoms with Crippen molar-refractivity contribution in [2.24, 2.45) is 0 Å². The van der Waals surface area contributed by atoms with E-state index in [2.05, 4.69) is 0 Å². The topological polar surface area (TPSA) is 83.5 Å². The van der Waals surface area contributed by atoms with Gasteiger partial charge in [0.25, 0.3) is 0 Å². The standard InChI is InChI=1S/C23H27NO7/c1-27-19-13-17(22(25)29-3)14-20(28-2)21(19)31-18-9-11-24(12-10-18)23(26)30-15-16-7-5-4-6-8-16/h4-8,13-14,18H,9-12,15H2,1-3H3. The van der Waals surface area contributed by atoms with Crippen molar-refractivity contribution in [2.45, 2.75) is 25.6 Å². The first-order valence-electron chi connectivity index (χ1n) is 10.0. The Kier molecular flexibility index (Phi) is 7.59. The summed E-state index contributed by atoms with van der Waals surface area (Å²) in [7, 11) is 4.30. The van der Waals surface area contributed by atoms with Crippen molar-refractivity contribution in [3.05, 3.63) is 53.6 Å². The minimum Gasteiger partial charge on any atom is -0.493 e. The van der Waals surface area contributed by atoms with E-state index >= 15 is 0 Å². The third-order valence-electron chi connectivity index (χ3n) is 5.07. The van der Waals surface area contributed by atoms with Gasteiger partial charge in [0.2, 0.25) is 5.75 Å². The van der Waals surface area contributed by atoms with Crippen LogP contribution in [0.5, 0.6) is 17.2 Å². The predicted octanol–water partition coefficient (Wildman–Crippen LogP) is 3.67. The molecule has 0 N–H and O–H groups in total. The quantitative estimate of drug-likeness (QED) is 0.621. The minimum atomic E-state index is -0.495. The smallest absolute Gasteiger partial charge is 0.410 e. The van der Waals surface area contributed by atoms with E-state index in [-0.39, 0.29) is 18.8 Å². The Hall–Kier alpha value is -3.42. The second-order valence-electron chi connectivity index (χ2n) is 7.05. The number of esters is 1. The molecule has 2 aromatic rings. The maximum absolute atomic E-state index is 12.3. The van der Waals surface area contributed by atoms with Crippen molar-refractivity contribution in [1.29, 1.82) is 0 Å². The molecule has 0 atom stereocenters. The Morgan fingerprint density at radius 3 is 2.13 bits per heavy atom. The van der Waals surface area contributed by atoms with Crippen molar-refractivity contribution < 1.29 is 33.3 Å². The highest BCUT2D eigenvalue weighted by molar-refractivity contribution is 5.91. The number of methoxy groups -OCH3 is 3. The molecule has 1 aliphatic rings. The molecule has 1 amide bonds. The number of carbonyl (C=O) groups excluding carboxylic acids is 2. The molecule has 0 aliphatic carbocycles. The van der Waals surface area contributed by atoms with E-state index in [0.717, 1.165) is 5.56 Å². The van der Waals surface area contributed by atoms with Gasteiger partial charge in [-0.05, 0) is 17.7 Å². The zero-order chi connectivity index (χ0) is 22.2. The van der Waals surface area contributed by atoms with Crippen LogP contribution in [-0.4, -0.2) is 57.5 Å². The molecule has 0 bridgehead atoms. The monoisotopic (exact) mass is 429 g/mol. The van der Waals surface area contributed by atoms with Gasteiger partial charge in [0.15, 0.2) is 11.5 Å². The van der Waals surface area contributed by atoms with Crippen LogP contribution in [0.1, 0.15) is 28.8 Å². The first kappa shape index (κ1) is 22.3. The molecule has 0 aromatic heterocycles. The van der Waals surface area contributed by atoms with E-state index in [1.165, 1.54) is 21.3 Å². The minimum absolute atomic E-state index is 0.134. The first-order valence-corrected chi connectivity index (χ1v) is 10.0. The van der Waals surface area contributed by atoms with Crippen LogP contribution in [0.4, 0.5) is 4.79 Å². The summed E-state index contributed by atoms with van der Waals surface area (Å²) < 4.78 is 27.1. The Labute approximate surface area is 181 Å². The van der Waals surface area contributed by atoms with Gasteiger partial charge in [0.05, 0.1) is 26.9 Å². The maximum atomic E-state index is 12.3. The number of amides is 1. The number of ether oxygens (including phenoxy) is 5. The van der Waals surface area contributed by atoms with Crippen molar-refractivity contribution >= 4 is 12.1 Å². The van der Waals surface area contributed by atoms with E-state index < -0.39 is 5.97 Å². The van der Waals surface area contributed by atoms with E-state index in [1.807, 2.05) is 30.3 Å². The number of hydrogen-bond acceptors (Lipinski definition) is 7. The molecule has 0 saturated carbocycles. The number of nitrogens with zero attached hydrogens (tertiary/aromatic N) is 1. The van der Waals surface area contributed by atoms with E-state index in [1.54, 1.807) is 17.0 Å². The fourth-order valence-corrected chi connectivity index (χ4v) is 3.37. The molecule has 8 heteroatoms. The lowest BCUT2D eigenvalue weighted by molar-refractivity contribution is 0.0599. The van der Waals surface area contributed by atoms with Crippen molar-refractivity contribution in [3.8, 4) is 17.2 Å². The van der Waals surface area contributed by atoms with Crippen LogP contribution in [0, 0.1) is 0 Å². The van der Waals surface area contributed by atoms with Gasteiger partial charge in [-0.1, -0.05) is 30.3 Å². The van der Waals surface area contributed by atoms with Gasteiger partial charge in [-0.25, -0.2) is 9.59 Å². The Morgan fingerprint density at radius 1 is 0.968 bits per heavy atom. The van der Waals surface area contributed by atoms with Gasteiger partial charge < -0.3 is 28.6 Å². The zero-order valence-corrected chi connectivity index (χ0v) is 18.0. The lowest BCUT2D eigenvalue weighted by Crippen LogP contribution is -2.42. The summed E-state index contributed by atoms with van der Waals surface area (Å²) >= 11 is 0. The molecule has 3 rings (SSSR count). The number of benzene rings is 2. The Morgan fingerprint density at radius 2 is 1.58 bits per heavy atom. The van der Waals surface area contributed by atoms with Gasteiger partial charge in [-0.2, -0.15) is 0 Å². The predicted molar refractivity (Wildman–Crippen MR) is 113 cm³/mol. The maximum Gasteiger partial charge on any atom is 0.410 e. The van der Waals surface area contributed by atoms with Crippen LogP contribution >= 0.6 is 0 Å². The summed E-state index contributed by atoms with van der Waals surface area (Å²) in [6.45, 7) is 1.28. The second-order valence-corrected chi connectivity index (χ2v) is 7.05. The number of carbonyl (C=O) groups is 2. The molecule has 1 aliphatic heterocycles. The Balaban J connectivity index is 1.59. The summed E-state index contributed by atoms with van der Waals surface area (Å²) in [6.07, 6.45) is 0.793. The van der Waals surface area contributed by atoms with Crippen LogP contribution in [0.2, 0.25) is 0 Å². The molecule has 1 fully saturated rings. The molecule has 0 unspecified atom stereocenters. The average molecular weight is 429 g/mol. The lowest BCUT2D eigenvalue weighted by Gasteiger charge is -2.32. The van der Waals surface area contributed by atoms with Crippen LogP contribution < -0.4 is 14.2 Å². The van der Waals surface area contributed by atoms with Crippen LogP contribution in [0.25, 0.3) is 0 Å². The lowest BCUT2D eigenvalue weighted by atomic mass is 10.1. The number of piperidine rings is 1. The Bertz CT molecular complexity index is 867. The van der Waals surface area contributed by atoms with Crippen LogP contribution in [-0.2, 0) is 16.1 Å². The normalized spacial score (nSPS) is 14.0. The van der Waals surface area contributed by atoms with E-state index in [0.29, 0.717) is 48.7 Å². The van der Waals surface area contributed by atoms with Crippen molar-refractivity contribution in [1.82, 2.24) is 4.90 Å². The average Bonchev–Trinajstić information content (AvgIpc) is 2.83. The summed E-state index contributed by atoms with van der Waals surface area (Å²) in [6, 6.07) is 12.7. The molecule has 8 nitrogen and oxygen atoms in total. The van der Waals surface area contributed by atoms with Gasteiger partial charge in [0, 0.05) is 25.9 Å². The summed E-state index contributed by atoms with van der Waals surface area (Å²) in [4.78, 5) is 25.9. The molecule has 2 aromatic carbocycles. The second kappa shape index (κ2) is 10.6. The molecule has 0 spiro atoms. The molecule has 31 heavy (non-hydrogen) atoms. The fourth-order valence-electron chi connectivity index (χ4n) is 3.37. The largest absolute Gasteiger partial charge is 0.493 e. The molecule has 1 heterocycles. The summed E-state index contributed by atoms with van der Waals surface area (Å²) in [5.74, 6) is 0.683. The molecule has 166 valence electrons. The SMILES string of the molecule is COC(=O)c1cc(OC)c(OC2CCN(C(=O)OCc3ccccc3)CC2)c(OC)c1. The van der Waals surface area contributed by atoms with Gasteiger partial charge >= 0.3 is 12.1 Å². The molecule has 0 radical (unpaired) electrons. The van der Waals surface area contributed by atoms with Crippen molar-refractivity contribution in [3.63, 3.8) is 0 Å². The summed E-state index contributed by atoms with van der Waals surface area (Å²) in [5.41, 5.74) is 1.25. The highest BCUT2D eigenvalue weighted by Crippen LogP contribution is 2.40. The van der Waals surface area contributed by atoms with Gasteiger partial charge in [-0.15, -0.1) is 0 Å². The highest BCUT2D eigenvalue weighted by atomic mass is 16.6. The summed E-state index contributed by atoms with van der Waals surface area (Å²) in [5, 5.41) is 0. The first-order chi connectivity index (χ1) is 15.0. The third kappa shape index (κ3) is 5.59. The molecular formula is C23H27NO7. The number of rotatable bonds is 7. The van der Waals surface area contributed by atoms with Crippen molar-refractivity contribution in [2.75, 3.05) is 34.4 Å². The highest BCUT2D eigenvalue weighted by Gasteiger charge is 2.27. The van der Waals surface area contributed by atoms with Crippen LogP contribution in [0.15, 0.2) is 42.5 Å². The zero-order valence-electron chi connectivity index (χ0n) is 18.0. The third-order valence-corrected chi connectivity index (χ3v) is 5.07. The molecule has 1 saturated heterocycles. The van der Waals surface area contributed by atoms with Gasteiger partial charge in [0.1, 0.15) is 12.7 Å². The molecular weight excluding hydrogens is 402 g/mol. The van der Waals surface area contributed by atoms with E-state index in [9.17, 15) is 9.59 Å². The fraction of sp³-hybridized carbons (Fsp3) is 0.391. The van der Waals surface area contributed by atoms with Gasteiger partial charge in [-0.3, -0.25) is 0 Å². The number of hydrogen-bond donors (Lipinski definition) is 0.